The van der Waals surface area contributed by atoms with E-state index in [9.17, 15) is 18.0 Å². The minimum absolute atomic E-state index is 0.0110. The molecular formula is C35H36ClN3O6S. The standard InChI is InChI=1S/C35H36ClN3O6S/c1-2-19-37-35(41)31(22-26-11-5-3-6-12-26)38(24-27-13-9-10-16-30(27)36)34(40)25-39(46(42,43)29-14-7-4-8-15-29)28-17-18-32-33(23-28)45-21-20-44-32/h3-18,23,31H,2,19-22,24-25H2,1H3,(H,37,41)/t31-/m0/s1. The van der Waals surface area contributed by atoms with Crippen molar-refractivity contribution in [2.24, 2.45) is 0 Å². The highest BCUT2D eigenvalue weighted by Crippen LogP contribution is 2.36. The van der Waals surface area contributed by atoms with Crippen molar-refractivity contribution < 1.29 is 27.5 Å². The lowest BCUT2D eigenvalue weighted by Crippen LogP contribution is -2.53. The molecule has 0 bridgehead atoms. The van der Waals surface area contributed by atoms with Crippen molar-refractivity contribution in [2.45, 2.75) is 37.2 Å². The fourth-order valence-corrected chi connectivity index (χ4v) is 6.79. The van der Waals surface area contributed by atoms with Crippen LogP contribution in [-0.4, -0.2) is 57.5 Å². The second-order valence-corrected chi connectivity index (χ2v) is 13.0. The summed E-state index contributed by atoms with van der Waals surface area (Å²) in [6, 6.07) is 28.2. The summed E-state index contributed by atoms with van der Waals surface area (Å²) in [5.41, 5.74) is 1.68. The summed E-state index contributed by atoms with van der Waals surface area (Å²) in [5.74, 6) is -0.0719. The number of nitrogens with zero attached hydrogens (tertiary/aromatic N) is 2. The molecule has 46 heavy (non-hydrogen) atoms. The third-order valence-corrected chi connectivity index (χ3v) is 9.70. The Balaban J connectivity index is 1.58. The molecule has 0 aromatic heterocycles. The van der Waals surface area contributed by atoms with Crippen molar-refractivity contribution in [3.05, 3.63) is 119 Å². The molecule has 2 amide bonds. The summed E-state index contributed by atoms with van der Waals surface area (Å²) >= 11 is 6.55. The number of halogens is 1. The van der Waals surface area contributed by atoms with Gasteiger partial charge in [-0.25, -0.2) is 8.42 Å². The van der Waals surface area contributed by atoms with E-state index < -0.39 is 28.5 Å². The van der Waals surface area contributed by atoms with Gasteiger partial charge in [-0.1, -0.05) is 85.3 Å². The lowest BCUT2D eigenvalue weighted by molar-refractivity contribution is -0.140. The van der Waals surface area contributed by atoms with Crippen molar-refractivity contribution in [2.75, 3.05) is 30.6 Å². The van der Waals surface area contributed by atoms with Crippen LogP contribution in [-0.2, 0) is 32.6 Å². The molecule has 1 atom stereocenters. The van der Waals surface area contributed by atoms with Crippen molar-refractivity contribution in [1.82, 2.24) is 10.2 Å². The zero-order valence-corrected chi connectivity index (χ0v) is 27.0. The molecule has 240 valence electrons. The van der Waals surface area contributed by atoms with E-state index >= 15 is 0 Å². The Morgan fingerprint density at radius 2 is 1.52 bits per heavy atom. The SMILES string of the molecule is CCCNC(=O)[C@H](Cc1ccccc1)N(Cc1ccccc1Cl)C(=O)CN(c1ccc2c(c1)OCCO2)S(=O)(=O)c1ccccc1. The molecule has 1 aliphatic heterocycles. The van der Waals surface area contributed by atoms with E-state index in [1.807, 2.05) is 37.3 Å². The van der Waals surface area contributed by atoms with Gasteiger partial charge in [-0.05, 0) is 47.9 Å². The highest BCUT2D eigenvalue weighted by atomic mass is 35.5. The summed E-state index contributed by atoms with van der Waals surface area (Å²) in [5, 5.41) is 3.36. The van der Waals surface area contributed by atoms with Crippen LogP contribution in [0.2, 0.25) is 5.02 Å². The number of sulfonamides is 1. The molecule has 11 heteroatoms. The molecule has 0 saturated heterocycles. The van der Waals surface area contributed by atoms with Crippen LogP contribution < -0.4 is 19.1 Å². The maximum atomic E-state index is 14.6. The van der Waals surface area contributed by atoms with Gasteiger partial charge in [0.1, 0.15) is 25.8 Å². The van der Waals surface area contributed by atoms with Gasteiger partial charge in [0.05, 0.1) is 10.6 Å². The summed E-state index contributed by atoms with van der Waals surface area (Å²) in [4.78, 5) is 29.8. The Hall–Kier alpha value is -4.54. The number of amides is 2. The molecule has 0 fully saturated rings. The largest absolute Gasteiger partial charge is 0.486 e. The van der Waals surface area contributed by atoms with E-state index in [2.05, 4.69) is 5.32 Å². The predicted octanol–water partition coefficient (Wildman–Crippen LogP) is 5.47. The van der Waals surface area contributed by atoms with E-state index in [-0.39, 0.29) is 29.5 Å². The van der Waals surface area contributed by atoms with Gasteiger partial charge in [0, 0.05) is 30.6 Å². The minimum Gasteiger partial charge on any atom is -0.486 e. The average Bonchev–Trinajstić information content (AvgIpc) is 3.08. The minimum atomic E-state index is -4.25. The lowest BCUT2D eigenvalue weighted by atomic mass is 10.0. The van der Waals surface area contributed by atoms with Crippen LogP contribution in [0.25, 0.3) is 0 Å². The first kappa shape index (κ1) is 32.8. The molecule has 5 rings (SSSR count). The number of benzene rings is 4. The van der Waals surface area contributed by atoms with Crippen LogP contribution in [0.3, 0.4) is 0 Å². The van der Waals surface area contributed by atoms with E-state index in [0.29, 0.717) is 48.3 Å². The molecule has 4 aromatic carbocycles. The number of rotatable bonds is 13. The predicted molar refractivity (Wildman–Crippen MR) is 178 cm³/mol. The Morgan fingerprint density at radius 1 is 0.870 bits per heavy atom. The molecule has 9 nitrogen and oxygen atoms in total. The number of carbonyl (C=O) groups is 2. The fraction of sp³-hybridized carbons (Fsp3) is 0.257. The summed E-state index contributed by atoms with van der Waals surface area (Å²) < 4.78 is 40.8. The third-order valence-electron chi connectivity index (χ3n) is 7.54. The number of nitrogens with one attached hydrogen (secondary N) is 1. The van der Waals surface area contributed by atoms with Gasteiger partial charge in [-0.2, -0.15) is 0 Å². The lowest BCUT2D eigenvalue weighted by Gasteiger charge is -2.34. The molecular weight excluding hydrogens is 626 g/mol. The zero-order valence-electron chi connectivity index (χ0n) is 25.5. The van der Waals surface area contributed by atoms with E-state index in [4.69, 9.17) is 21.1 Å². The number of anilines is 1. The number of carbonyl (C=O) groups excluding carboxylic acids is 2. The summed E-state index contributed by atoms with van der Waals surface area (Å²) in [7, 11) is -4.25. The van der Waals surface area contributed by atoms with E-state index in [1.54, 1.807) is 60.7 Å². The number of hydrogen-bond acceptors (Lipinski definition) is 6. The van der Waals surface area contributed by atoms with Gasteiger partial charge < -0.3 is 19.7 Å². The monoisotopic (exact) mass is 661 g/mol. The first-order valence-electron chi connectivity index (χ1n) is 15.1. The molecule has 0 aliphatic carbocycles. The molecule has 1 heterocycles. The van der Waals surface area contributed by atoms with Crippen molar-refractivity contribution in [3.8, 4) is 11.5 Å². The van der Waals surface area contributed by atoms with Gasteiger partial charge in [0.2, 0.25) is 11.8 Å². The quantitative estimate of drug-likeness (QED) is 0.204. The second kappa shape index (κ2) is 15.2. The molecule has 0 radical (unpaired) electrons. The molecule has 4 aromatic rings. The highest BCUT2D eigenvalue weighted by Gasteiger charge is 2.35. The molecule has 1 N–H and O–H groups in total. The van der Waals surface area contributed by atoms with Gasteiger partial charge in [-0.3, -0.25) is 13.9 Å². The fourth-order valence-electron chi connectivity index (χ4n) is 5.17. The summed E-state index contributed by atoms with van der Waals surface area (Å²) in [6.07, 6.45) is 0.914. The Kier molecular flexibility index (Phi) is 10.8. The van der Waals surface area contributed by atoms with Gasteiger partial charge >= 0.3 is 0 Å². The topological polar surface area (TPSA) is 105 Å². The van der Waals surface area contributed by atoms with Gasteiger partial charge in [0.25, 0.3) is 10.0 Å². The third kappa shape index (κ3) is 7.81. The van der Waals surface area contributed by atoms with Crippen LogP contribution in [0.5, 0.6) is 11.5 Å². The summed E-state index contributed by atoms with van der Waals surface area (Å²) in [6.45, 7) is 2.43. The second-order valence-electron chi connectivity index (χ2n) is 10.8. The van der Waals surface area contributed by atoms with Crippen LogP contribution >= 0.6 is 11.6 Å². The van der Waals surface area contributed by atoms with Crippen molar-refractivity contribution in [3.63, 3.8) is 0 Å². The Labute approximate surface area is 274 Å². The average molecular weight is 662 g/mol. The zero-order chi connectivity index (χ0) is 32.5. The number of hydrogen-bond donors (Lipinski definition) is 1. The highest BCUT2D eigenvalue weighted by molar-refractivity contribution is 7.92. The van der Waals surface area contributed by atoms with Crippen LogP contribution in [0.4, 0.5) is 5.69 Å². The number of fused-ring (bicyclic) bond motifs is 1. The Morgan fingerprint density at radius 3 is 2.22 bits per heavy atom. The maximum absolute atomic E-state index is 14.6. The molecule has 0 spiro atoms. The van der Waals surface area contributed by atoms with E-state index in [0.717, 1.165) is 9.87 Å². The normalized spacial score (nSPS) is 13.0. The number of ether oxygens (including phenoxy) is 2. The molecule has 0 unspecified atom stereocenters. The van der Waals surface area contributed by atoms with Gasteiger partial charge in [0.15, 0.2) is 11.5 Å². The first-order valence-corrected chi connectivity index (χ1v) is 16.9. The van der Waals surface area contributed by atoms with E-state index in [1.165, 1.54) is 17.0 Å². The smallest absolute Gasteiger partial charge is 0.264 e. The van der Waals surface area contributed by atoms with Crippen LogP contribution in [0.15, 0.2) is 108 Å². The molecule has 1 aliphatic rings. The first-order chi connectivity index (χ1) is 22.3. The van der Waals surface area contributed by atoms with Gasteiger partial charge in [-0.15, -0.1) is 0 Å². The maximum Gasteiger partial charge on any atom is 0.264 e. The van der Waals surface area contributed by atoms with Crippen LogP contribution in [0, 0.1) is 0 Å². The Bertz CT molecular complexity index is 1750. The molecule has 0 saturated carbocycles. The van der Waals surface area contributed by atoms with Crippen molar-refractivity contribution in [1.29, 1.82) is 0 Å². The van der Waals surface area contributed by atoms with Crippen LogP contribution in [0.1, 0.15) is 24.5 Å². The van der Waals surface area contributed by atoms with Crippen molar-refractivity contribution >= 4 is 39.1 Å².